The fourth-order valence-corrected chi connectivity index (χ4v) is 1.57. The van der Waals surface area contributed by atoms with Gasteiger partial charge in [0.1, 0.15) is 0 Å². The van der Waals surface area contributed by atoms with Crippen molar-refractivity contribution in [3.63, 3.8) is 0 Å². The van der Waals surface area contributed by atoms with Crippen LogP contribution in [0.5, 0.6) is 0 Å². The Morgan fingerprint density at radius 2 is 1.04 bits per heavy atom. The zero-order chi connectivity index (χ0) is 20.7. The minimum atomic E-state index is -0.879. The summed E-state index contributed by atoms with van der Waals surface area (Å²) >= 11 is 0. The van der Waals surface area contributed by atoms with Gasteiger partial charge in [-0.25, -0.2) is 9.59 Å². The predicted molar refractivity (Wildman–Crippen MR) is 101 cm³/mol. The summed E-state index contributed by atoms with van der Waals surface area (Å²) in [5, 5.41) is 34.1. The molecular formula is C20H26O7. The summed E-state index contributed by atoms with van der Waals surface area (Å²) in [6.07, 6.45) is -0.882. The summed E-state index contributed by atoms with van der Waals surface area (Å²) in [5.41, 5.74) is 0.662. The van der Waals surface area contributed by atoms with E-state index in [-0.39, 0.29) is 0 Å². The van der Waals surface area contributed by atoms with E-state index >= 15 is 0 Å². The van der Waals surface area contributed by atoms with Crippen molar-refractivity contribution in [1.29, 1.82) is 0 Å². The molecule has 0 spiro atoms. The molecule has 7 nitrogen and oxygen atoms in total. The molecule has 7 heteroatoms. The highest BCUT2D eigenvalue weighted by molar-refractivity contribution is 5.87. The molecule has 148 valence electrons. The first-order valence-corrected chi connectivity index (χ1v) is 8.24. The first-order chi connectivity index (χ1) is 12.7. The van der Waals surface area contributed by atoms with E-state index in [1.165, 1.54) is 0 Å². The summed E-state index contributed by atoms with van der Waals surface area (Å²) in [5.74, 6) is -1.76. The van der Waals surface area contributed by atoms with Crippen LogP contribution in [-0.2, 0) is 4.74 Å². The molecule has 2 aromatic carbocycles. The number of ether oxygens (including phenoxy) is 1. The Labute approximate surface area is 158 Å². The van der Waals surface area contributed by atoms with Gasteiger partial charge in [-0.05, 0) is 38.1 Å². The van der Waals surface area contributed by atoms with Crippen molar-refractivity contribution in [3.8, 4) is 0 Å². The van der Waals surface area contributed by atoms with Crippen LogP contribution in [0.1, 0.15) is 34.6 Å². The fourth-order valence-electron chi connectivity index (χ4n) is 1.57. The van der Waals surface area contributed by atoms with E-state index in [0.29, 0.717) is 24.3 Å². The summed E-state index contributed by atoms with van der Waals surface area (Å²) < 4.78 is 4.86. The highest BCUT2D eigenvalue weighted by Gasteiger charge is 1.98. The quantitative estimate of drug-likeness (QED) is 0.609. The number of hydrogen-bond donors (Lipinski definition) is 4. The SMILES string of the molecule is CC(O)COCC(C)O.O=C(O)c1ccccc1.O=C(O)c1ccccc1. The number of aliphatic hydroxyl groups excluding tert-OH is 2. The van der Waals surface area contributed by atoms with Gasteiger partial charge in [0.25, 0.3) is 0 Å². The Hall–Kier alpha value is -2.74. The summed E-state index contributed by atoms with van der Waals surface area (Å²) in [6.45, 7) is 3.87. The van der Waals surface area contributed by atoms with Crippen molar-refractivity contribution in [3.05, 3.63) is 71.8 Å². The zero-order valence-corrected chi connectivity index (χ0v) is 15.4. The van der Waals surface area contributed by atoms with E-state index in [1.807, 2.05) is 0 Å². The molecule has 2 unspecified atom stereocenters. The van der Waals surface area contributed by atoms with Gasteiger partial charge in [-0.1, -0.05) is 36.4 Å². The number of carbonyl (C=O) groups is 2. The van der Waals surface area contributed by atoms with Crippen LogP contribution in [0.3, 0.4) is 0 Å². The van der Waals surface area contributed by atoms with Gasteiger partial charge in [-0.3, -0.25) is 0 Å². The van der Waals surface area contributed by atoms with E-state index in [9.17, 15) is 9.59 Å². The molecule has 27 heavy (non-hydrogen) atoms. The minimum absolute atomic E-state index is 0.297. The van der Waals surface area contributed by atoms with Crippen LogP contribution in [0.15, 0.2) is 60.7 Å². The molecule has 2 atom stereocenters. The maximum absolute atomic E-state index is 10.2. The number of rotatable bonds is 6. The molecule has 2 aromatic rings. The average molecular weight is 378 g/mol. The Morgan fingerprint density at radius 1 is 0.741 bits per heavy atom. The summed E-state index contributed by atoms with van der Waals surface area (Å²) in [7, 11) is 0. The Balaban J connectivity index is 0.000000376. The van der Waals surface area contributed by atoms with Crippen molar-refractivity contribution in [1.82, 2.24) is 0 Å². The number of aliphatic hydroxyl groups is 2. The van der Waals surface area contributed by atoms with Crippen molar-refractivity contribution in [2.24, 2.45) is 0 Å². The maximum Gasteiger partial charge on any atom is 0.335 e. The Bertz CT molecular complexity index is 582. The monoisotopic (exact) mass is 378 g/mol. The molecule has 2 rings (SSSR count). The Kier molecular flexibility index (Phi) is 13.0. The molecule has 0 aromatic heterocycles. The molecule has 4 N–H and O–H groups in total. The smallest absolute Gasteiger partial charge is 0.335 e. The first-order valence-electron chi connectivity index (χ1n) is 8.24. The van der Waals surface area contributed by atoms with Crippen LogP contribution >= 0.6 is 0 Å². The van der Waals surface area contributed by atoms with Crippen molar-refractivity contribution in [2.45, 2.75) is 26.1 Å². The molecule has 0 radical (unpaired) electrons. The van der Waals surface area contributed by atoms with Gasteiger partial charge in [-0.15, -0.1) is 0 Å². The van der Waals surface area contributed by atoms with Gasteiger partial charge in [0.05, 0.1) is 36.5 Å². The molecule has 0 aliphatic carbocycles. The molecule has 0 amide bonds. The number of carboxylic acids is 2. The van der Waals surface area contributed by atoms with E-state index < -0.39 is 24.1 Å². The topological polar surface area (TPSA) is 124 Å². The maximum atomic E-state index is 10.2. The molecule has 0 saturated carbocycles. The third kappa shape index (κ3) is 14.1. The van der Waals surface area contributed by atoms with Crippen LogP contribution in [-0.4, -0.2) is 57.8 Å². The van der Waals surface area contributed by atoms with Gasteiger partial charge in [-0.2, -0.15) is 0 Å². The number of hydrogen-bond acceptors (Lipinski definition) is 5. The lowest BCUT2D eigenvalue weighted by atomic mass is 10.2. The molecular weight excluding hydrogens is 352 g/mol. The molecule has 0 aliphatic rings. The third-order valence-electron chi connectivity index (χ3n) is 2.76. The lowest BCUT2D eigenvalue weighted by molar-refractivity contribution is 0.00392. The van der Waals surface area contributed by atoms with Crippen LogP contribution in [0.25, 0.3) is 0 Å². The van der Waals surface area contributed by atoms with Crippen molar-refractivity contribution >= 4 is 11.9 Å². The molecule has 0 fully saturated rings. The summed E-state index contributed by atoms with van der Waals surface area (Å²) in [4.78, 5) is 20.4. The van der Waals surface area contributed by atoms with Gasteiger partial charge >= 0.3 is 11.9 Å². The number of carboxylic acid groups (broad SMARTS) is 2. The molecule has 0 saturated heterocycles. The van der Waals surface area contributed by atoms with Crippen LogP contribution in [0, 0.1) is 0 Å². The second-order valence-electron chi connectivity index (χ2n) is 5.58. The highest BCUT2D eigenvalue weighted by Crippen LogP contribution is 1.96. The van der Waals surface area contributed by atoms with Crippen LogP contribution < -0.4 is 0 Å². The fraction of sp³-hybridized carbons (Fsp3) is 0.300. The largest absolute Gasteiger partial charge is 0.478 e. The normalized spacial score (nSPS) is 11.7. The van der Waals surface area contributed by atoms with E-state index in [2.05, 4.69) is 0 Å². The second kappa shape index (κ2) is 14.4. The van der Waals surface area contributed by atoms with Gasteiger partial charge in [0.2, 0.25) is 0 Å². The number of aromatic carboxylic acids is 2. The number of benzene rings is 2. The van der Waals surface area contributed by atoms with Crippen LogP contribution in [0.2, 0.25) is 0 Å². The zero-order valence-electron chi connectivity index (χ0n) is 15.4. The second-order valence-corrected chi connectivity index (χ2v) is 5.58. The lowest BCUT2D eigenvalue weighted by Crippen LogP contribution is -2.16. The van der Waals surface area contributed by atoms with E-state index in [1.54, 1.807) is 74.5 Å². The molecule has 0 aliphatic heterocycles. The minimum Gasteiger partial charge on any atom is -0.478 e. The molecule has 0 heterocycles. The lowest BCUT2D eigenvalue weighted by Gasteiger charge is -2.06. The standard InChI is InChI=1S/2C7H6O2.C6H14O3/c2*8-7(9)6-4-2-1-3-5-6;1-5(7)3-9-4-6(2)8/h2*1-5H,(H,8,9);5-8H,3-4H2,1-2H3. The van der Waals surface area contributed by atoms with Crippen molar-refractivity contribution < 1.29 is 34.8 Å². The third-order valence-corrected chi connectivity index (χ3v) is 2.76. The van der Waals surface area contributed by atoms with Gasteiger partial charge < -0.3 is 25.2 Å². The average Bonchev–Trinajstić information content (AvgIpc) is 2.63. The van der Waals surface area contributed by atoms with E-state index in [0.717, 1.165) is 0 Å². The highest BCUT2D eigenvalue weighted by atomic mass is 16.5. The van der Waals surface area contributed by atoms with Gasteiger partial charge in [0.15, 0.2) is 0 Å². The predicted octanol–water partition coefficient (Wildman–Crippen LogP) is 2.53. The van der Waals surface area contributed by atoms with Crippen molar-refractivity contribution in [2.75, 3.05) is 13.2 Å². The van der Waals surface area contributed by atoms with E-state index in [4.69, 9.17) is 25.2 Å². The summed E-state index contributed by atoms with van der Waals surface area (Å²) in [6, 6.07) is 16.6. The first kappa shape index (κ1) is 24.3. The van der Waals surface area contributed by atoms with Gasteiger partial charge in [0, 0.05) is 0 Å². The van der Waals surface area contributed by atoms with Crippen LogP contribution in [0.4, 0.5) is 0 Å². The molecule has 0 bridgehead atoms. The Morgan fingerprint density at radius 3 is 1.22 bits per heavy atom.